The highest BCUT2D eigenvalue weighted by Gasteiger charge is 2.26. The number of likely N-dealkylation sites (N-methyl/N-ethyl adjacent to an activating group) is 1. The van der Waals surface area contributed by atoms with Gasteiger partial charge in [0.15, 0.2) is 0 Å². The topological polar surface area (TPSA) is 115 Å². The van der Waals surface area contributed by atoms with Crippen LogP contribution in [0.15, 0.2) is 51.8 Å². The molecule has 1 N–H and O–H groups in total. The first-order valence-electron chi connectivity index (χ1n) is 11.9. The van der Waals surface area contributed by atoms with Crippen LogP contribution in [0.3, 0.4) is 0 Å². The van der Waals surface area contributed by atoms with Crippen LogP contribution in [0.5, 0.6) is 0 Å². The van der Waals surface area contributed by atoms with Gasteiger partial charge in [0.1, 0.15) is 0 Å². The highest BCUT2D eigenvalue weighted by Crippen LogP contribution is 2.27. The largest absolute Gasteiger partial charge is 0.403 e. The summed E-state index contributed by atoms with van der Waals surface area (Å²) in [6.45, 7) is 0.964. The number of anilines is 1. The Bertz CT molecular complexity index is 1310. The minimum absolute atomic E-state index is 0.0179. The van der Waals surface area contributed by atoms with E-state index in [0.29, 0.717) is 19.0 Å². The molecular formula is C25H28N4O5S. The molecule has 2 aromatic carbocycles. The van der Waals surface area contributed by atoms with Crippen molar-refractivity contribution < 1.29 is 22.4 Å². The van der Waals surface area contributed by atoms with Crippen LogP contribution in [0.1, 0.15) is 47.2 Å². The number of hydrogen-bond donors (Lipinski definition) is 1. The van der Waals surface area contributed by atoms with Gasteiger partial charge < -0.3 is 9.15 Å². The molecule has 0 radical (unpaired) electrons. The zero-order valence-corrected chi connectivity index (χ0v) is 20.4. The van der Waals surface area contributed by atoms with E-state index in [4.69, 9.17) is 9.15 Å². The average Bonchev–Trinajstić information content (AvgIpc) is 3.56. The number of fused-ring (bicyclic) bond motifs is 1. The third kappa shape index (κ3) is 5.14. The second-order valence-corrected chi connectivity index (χ2v) is 11.0. The van der Waals surface area contributed by atoms with Gasteiger partial charge in [-0.05, 0) is 86.1 Å². The van der Waals surface area contributed by atoms with Gasteiger partial charge in [0, 0.05) is 31.3 Å². The first-order chi connectivity index (χ1) is 16.9. The van der Waals surface area contributed by atoms with E-state index >= 15 is 0 Å². The molecule has 2 aliphatic rings. The molecule has 0 saturated carbocycles. The Balaban J connectivity index is 1.24. The first kappa shape index (κ1) is 23.7. The van der Waals surface area contributed by atoms with E-state index in [1.807, 2.05) is 6.07 Å². The standard InChI is InChI=1S/C25H28N4O5S/c1-29(16-21-7-4-14-33-21)35(31,32)22-12-10-18(11-13-22)23(30)26-25-28-27-24(34-25)20-9-8-17-5-2-3-6-19(17)15-20/h8-13,15,21H,2-7,14,16H2,1H3,(H,26,28,30)/t21-/m0/s1. The van der Waals surface area contributed by atoms with Crippen LogP contribution in [0.2, 0.25) is 0 Å². The fourth-order valence-electron chi connectivity index (χ4n) is 4.56. The van der Waals surface area contributed by atoms with Gasteiger partial charge in [0.05, 0.1) is 11.0 Å². The van der Waals surface area contributed by atoms with Gasteiger partial charge >= 0.3 is 6.01 Å². The van der Waals surface area contributed by atoms with Gasteiger partial charge in [-0.2, -0.15) is 4.31 Å². The minimum atomic E-state index is -3.68. The summed E-state index contributed by atoms with van der Waals surface area (Å²) in [6, 6.07) is 11.9. The van der Waals surface area contributed by atoms with E-state index in [1.54, 1.807) is 0 Å². The van der Waals surface area contributed by atoms with E-state index in [9.17, 15) is 13.2 Å². The van der Waals surface area contributed by atoms with E-state index in [0.717, 1.165) is 31.2 Å². The molecule has 1 atom stereocenters. The molecule has 1 aliphatic carbocycles. The lowest BCUT2D eigenvalue weighted by Crippen LogP contribution is -2.34. The van der Waals surface area contributed by atoms with Crippen LogP contribution in [0, 0.1) is 0 Å². The summed E-state index contributed by atoms with van der Waals surface area (Å²) in [5.41, 5.74) is 3.75. The molecule has 184 valence electrons. The minimum Gasteiger partial charge on any atom is -0.403 e. The molecule has 35 heavy (non-hydrogen) atoms. The molecule has 2 heterocycles. The second-order valence-electron chi connectivity index (χ2n) is 9.00. The quantitative estimate of drug-likeness (QED) is 0.531. The van der Waals surface area contributed by atoms with Gasteiger partial charge in [-0.25, -0.2) is 8.42 Å². The van der Waals surface area contributed by atoms with Gasteiger partial charge in [-0.1, -0.05) is 11.2 Å². The summed E-state index contributed by atoms with van der Waals surface area (Å²) < 4.78 is 38.2. The maximum Gasteiger partial charge on any atom is 0.322 e. The Labute approximate surface area is 204 Å². The Hall–Kier alpha value is -3.08. The van der Waals surface area contributed by atoms with Crippen molar-refractivity contribution in [2.24, 2.45) is 0 Å². The second kappa shape index (κ2) is 9.88. The summed E-state index contributed by atoms with van der Waals surface area (Å²) in [5.74, 6) is -0.133. The number of aryl methyl sites for hydroxylation is 2. The highest BCUT2D eigenvalue weighted by atomic mass is 32.2. The van der Waals surface area contributed by atoms with Crippen molar-refractivity contribution in [1.29, 1.82) is 0 Å². The third-order valence-corrected chi connectivity index (χ3v) is 8.39. The molecule has 9 nitrogen and oxygen atoms in total. The predicted molar refractivity (Wildman–Crippen MR) is 130 cm³/mol. The maximum absolute atomic E-state index is 12.9. The van der Waals surface area contributed by atoms with Crippen molar-refractivity contribution >= 4 is 21.9 Å². The molecular weight excluding hydrogens is 468 g/mol. The highest BCUT2D eigenvalue weighted by molar-refractivity contribution is 7.89. The van der Waals surface area contributed by atoms with E-state index in [-0.39, 0.29) is 22.6 Å². The maximum atomic E-state index is 12.9. The van der Waals surface area contributed by atoms with Crippen LogP contribution >= 0.6 is 0 Å². The molecule has 0 spiro atoms. The summed E-state index contributed by atoms with van der Waals surface area (Å²) in [5, 5.41) is 10.6. The SMILES string of the molecule is CN(C[C@@H]1CCCO1)S(=O)(=O)c1ccc(C(=O)Nc2nnc(-c3ccc4c(c3)CCCC4)o2)cc1. The lowest BCUT2D eigenvalue weighted by molar-refractivity contribution is 0.0979. The Morgan fingerprint density at radius 2 is 1.83 bits per heavy atom. The molecule has 1 aliphatic heterocycles. The smallest absolute Gasteiger partial charge is 0.322 e. The number of amides is 1. The molecule has 10 heteroatoms. The average molecular weight is 497 g/mol. The number of aromatic nitrogens is 2. The number of carbonyl (C=O) groups is 1. The Morgan fingerprint density at radius 3 is 2.57 bits per heavy atom. The van der Waals surface area contributed by atoms with Crippen molar-refractivity contribution in [2.75, 3.05) is 25.5 Å². The normalized spacial score (nSPS) is 17.9. The molecule has 0 unspecified atom stereocenters. The molecule has 1 amide bonds. The van der Waals surface area contributed by atoms with Crippen molar-refractivity contribution in [1.82, 2.24) is 14.5 Å². The summed E-state index contributed by atoms with van der Waals surface area (Å²) >= 11 is 0. The summed E-state index contributed by atoms with van der Waals surface area (Å²) in [7, 11) is -2.15. The molecule has 1 saturated heterocycles. The summed E-state index contributed by atoms with van der Waals surface area (Å²) in [6.07, 6.45) is 6.22. The molecule has 5 rings (SSSR count). The summed E-state index contributed by atoms with van der Waals surface area (Å²) in [4.78, 5) is 12.8. The number of benzene rings is 2. The number of hydrogen-bond acceptors (Lipinski definition) is 7. The van der Waals surface area contributed by atoms with Crippen LogP contribution in [-0.4, -0.2) is 55.1 Å². The Morgan fingerprint density at radius 1 is 1.06 bits per heavy atom. The van der Waals surface area contributed by atoms with Gasteiger partial charge in [0.2, 0.25) is 15.9 Å². The van der Waals surface area contributed by atoms with Crippen molar-refractivity contribution in [3.8, 4) is 11.5 Å². The number of ether oxygens (including phenoxy) is 1. The van der Waals surface area contributed by atoms with Gasteiger partial charge in [-0.3, -0.25) is 10.1 Å². The number of rotatable bonds is 7. The zero-order valence-electron chi connectivity index (χ0n) is 19.6. The number of nitrogens with one attached hydrogen (secondary N) is 1. The predicted octanol–water partition coefficient (Wildman–Crippen LogP) is 3.67. The molecule has 3 aromatic rings. The van der Waals surface area contributed by atoms with Crippen molar-refractivity contribution in [3.05, 3.63) is 59.2 Å². The van der Waals surface area contributed by atoms with Crippen LogP contribution in [0.4, 0.5) is 6.01 Å². The van der Waals surface area contributed by atoms with Gasteiger partial charge in [0.25, 0.3) is 5.91 Å². The molecule has 1 aromatic heterocycles. The molecule has 1 fully saturated rings. The van der Waals surface area contributed by atoms with Crippen LogP contribution in [0.25, 0.3) is 11.5 Å². The zero-order chi connectivity index (χ0) is 24.4. The fraction of sp³-hybridized carbons (Fsp3) is 0.400. The van der Waals surface area contributed by atoms with Crippen LogP contribution in [-0.2, 0) is 27.6 Å². The fourth-order valence-corrected chi connectivity index (χ4v) is 5.76. The van der Waals surface area contributed by atoms with Crippen molar-refractivity contribution in [2.45, 2.75) is 49.5 Å². The molecule has 0 bridgehead atoms. The van der Waals surface area contributed by atoms with Crippen molar-refractivity contribution in [3.63, 3.8) is 0 Å². The number of sulfonamides is 1. The third-order valence-electron chi connectivity index (χ3n) is 6.55. The van der Waals surface area contributed by atoms with Crippen LogP contribution < -0.4 is 5.32 Å². The number of carbonyl (C=O) groups excluding carboxylic acids is 1. The van der Waals surface area contributed by atoms with E-state index < -0.39 is 15.9 Å². The van der Waals surface area contributed by atoms with E-state index in [2.05, 4.69) is 27.6 Å². The Kier molecular flexibility index (Phi) is 6.68. The first-order valence-corrected chi connectivity index (χ1v) is 13.3. The lowest BCUT2D eigenvalue weighted by atomic mass is 9.90. The number of nitrogens with zero attached hydrogens (tertiary/aromatic N) is 3. The van der Waals surface area contributed by atoms with E-state index in [1.165, 1.54) is 59.6 Å². The van der Waals surface area contributed by atoms with Gasteiger partial charge in [-0.15, -0.1) is 5.10 Å². The monoisotopic (exact) mass is 496 g/mol. The lowest BCUT2D eigenvalue weighted by Gasteiger charge is -2.20.